The zero-order valence-corrected chi connectivity index (χ0v) is 18.2. The molecule has 1 N–H and O–H groups in total. The molecule has 0 fully saturated rings. The van der Waals surface area contributed by atoms with Gasteiger partial charge >= 0.3 is 5.63 Å². The monoisotopic (exact) mass is 427 g/mol. The highest BCUT2D eigenvalue weighted by molar-refractivity contribution is 5.89. The molecule has 0 aliphatic heterocycles. The van der Waals surface area contributed by atoms with Crippen LogP contribution in [0.15, 0.2) is 39.5 Å². The zero-order valence-electron chi connectivity index (χ0n) is 18.2. The molecular weight excluding hydrogens is 402 g/mol. The van der Waals surface area contributed by atoms with Crippen LogP contribution >= 0.6 is 0 Å². The molecule has 0 atom stereocenters. The molecule has 0 saturated heterocycles. The van der Waals surface area contributed by atoms with E-state index in [0.29, 0.717) is 45.1 Å². The first-order chi connectivity index (χ1) is 14.9. The topological polar surface area (TPSA) is 96.2 Å². The number of hydrogen-bond donors (Lipinski definition) is 1. The summed E-state index contributed by atoms with van der Waals surface area (Å²) in [5.41, 5.74) is 1.50. The minimum atomic E-state index is -0.585. The molecule has 0 saturated carbocycles. The van der Waals surface area contributed by atoms with Gasteiger partial charge in [-0.15, -0.1) is 0 Å². The van der Waals surface area contributed by atoms with Crippen molar-refractivity contribution in [2.24, 2.45) is 0 Å². The number of aryl methyl sites for hydroxylation is 1. The second-order valence-corrected chi connectivity index (χ2v) is 6.81. The van der Waals surface area contributed by atoms with Crippen molar-refractivity contribution in [1.29, 1.82) is 0 Å². The number of nitrogens with one attached hydrogen (secondary N) is 1. The molecule has 8 nitrogen and oxygen atoms in total. The van der Waals surface area contributed by atoms with Crippen molar-refractivity contribution in [2.45, 2.75) is 19.9 Å². The summed E-state index contributed by atoms with van der Waals surface area (Å²) in [7, 11) is 6.09. The van der Waals surface area contributed by atoms with Crippen molar-refractivity contribution in [3.05, 3.63) is 57.4 Å². The van der Waals surface area contributed by atoms with E-state index in [1.54, 1.807) is 45.4 Å². The van der Waals surface area contributed by atoms with E-state index in [4.69, 9.17) is 23.4 Å². The van der Waals surface area contributed by atoms with Gasteiger partial charge in [0.2, 0.25) is 11.7 Å². The van der Waals surface area contributed by atoms with Crippen molar-refractivity contribution in [2.75, 3.05) is 28.4 Å². The van der Waals surface area contributed by atoms with Gasteiger partial charge in [-0.2, -0.15) is 0 Å². The number of carbonyl (C=O) groups is 1. The number of carbonyl (C=O) groups excluding carboxylic acids is 1. The van der Waals surface area contributed by atoms with Crippen LogP contribution in [0.3, 0.4) is 0 Å². The Labute approximate surface area is 179 Å². The van der Waals surface area contributed by atoms with Gasteiger partial charge in [-0.05, 0) is 42.3 Å². The summed E-state index contributed by atoms with van der Waals surface area (Å²) in [5.74, 6) is 1.67. The lowest BCUT2D eigenvalue weighted by Gasteiger charge is -2.13. The molecule has 2 aromatic carbocycles. The second kappa shape index (κ2) is 9.42. The Kier molecular flexibility index (Phi) is 6.69. The molecule has 1 heterocycles. The van der Waals surface area contributed by atoms with Gasteiger partial charge in [-0.1, -0.05) is 6.07 Å². The maximum absolute atomic E-state index is 12.6. The first-order valence-corrected chi connectivity index (χ1v) is 9.58. The summed E-state index contributed by atoms with van der Waals surface area (Å²) in [6.07, 6.45) is -0.105. The van der Waals surface area contributed by atoms with E-state index in [0.717, 1.165) is 5.56 Å². The maximum Gasteiger partial charge on any atom is 0.340 e. The first kappa shape index (κ1) is 22.0. The third-order valence-electron chi connectivity index (χ3n) is 5.07. The number of hydrogen-bond acceptors (Lipinski definition) is 7. The van der Waals surface area contributed by atoms with Crippen LogP contribution in [0, 0.1) is 6.92 Å². The van der Waals surface area contributed by atoms with Crippen LogP contribution in [0.5, 0.6) is 23.0 Å². The maximum atomic E-state index is 12.6. The summed E-state index contributed by atoms with van der Waals surface area (Å²) < 4.78 is 26.6. The third-order valence-corrected chi connectivity index (χ3v) is 5.07. The fraction of sp³-hybridized carbons (Fsp3) is 0.304. The molecule has 164 valence electrons. The molecule has 0 bridgehead atoms. The van der Waals surface area contributed by atoms with Gasteiger partial charge in [0, 0.05) is 11.9 Å². The molecular formula is C23H25NO7. The molecule has 1 aromatic heterocycles. The molecule has 8 heteroatoms. The van der Waals surface area contributed by atoms with E-state index >= 15 is 0 Å². The second-order valence-electron chi connectivity index (χ2n) is 6.81. The predicted molar refractivity (Wildman–Crippen MR) is 115 cm³/mol. The van der Waals surface area contributed by atoms with Gasteiger partial charge in [-0.25, -0.2) is 4.79 Å². The average Bonchev–Trinajstić information content (AvgIpc) is 2.79. The lowest BCUT2D eigenvalue weighted by atomic mass is 10.0. The number of ether oxygens (including phenoxy) is 4. The summed E-state index contributed by atoms with van der Waals surface area (Å²) in [4.78, 5) is 25.1. The summed E-state index contributed by atoms with van der Waals surface area (Å²) >= 11 is 0. The molecule has 3 aromatic rings. The minimum absolute atomic E-state index is 0.105. The Morgan fingerprint density at radius 2 is 1.61 bits per heavy atom. The van der Waals surface area contributed by atoms with Crippen molar-refractivity contribution < 1.29 is 28.2 Å². The number of methoxy groups -OCH3 is 4. The highest BCUT2D eigenvalue weighted by atomic mass is 16.5. The highest BCUT2D eigenvalue weighted by Crippen LogP contribution is 2.36. The van der Waals surface area contributed by atoms with E-state index in [-0.39, 0.29) is 18.9 Å². The van der Waals surface area contributed by atoms with E-state index < -0.39 is 5.63 Å². The average molecular weight is 427 g/mol. The normalized spacial score (nSPS) is 10.6. The number of amides is 1. The SMILES string of the molecule is COc1ccc(CNC(=O)Cc2c(C)c3ccc(OC)c(OC)c3oc2=O)cc1OC. The highest BCUT2D eigenvalue weighted by Gasteiger charge is 2.19. The summed E-state index contributed by atoms with van der Waals surface area (Å²) in [6, 6.07) is 8.89. The molecule has 3 rings (SSSR count). The van der Waals surface area contributed by atoms with Crippen LogP contribution in [0.25, 0.3) is 11.0 Å². The molecule has 0 aliphatic rings. The first-order valence-electron chi connectivity index (χ1n) is 9.58. The Morgan fingerprint density at radius 3 is 2.26 bits per heavy atom. The van der Waals surface area contributed by atoms with E-state index in [1.807, 2.05) is 6.07 Å². The van der Waals surface area contributed by atoms with E-state index in [1.165, 1.54) is 14.2 Å². The fourth-order valence-electron chi connectivity index (χ4n) is 3.38. The quantitative estimate of drug-likeness (QED) is 0.552. The Hall–Kier alpha value is -3.68. The van der Waals surface area contributed by atoms with E-state index in [9.17, 15) is 9.59 Å². The van der Waals surface area contributed by atoms with Crippen LogP contribution in [0.4, 0.5) is 0 Å². The van der Waals surface area contributed by atoms with Crippen LogP contribution in [0.2, 0.25) is 0 Å². The van der Waals surface area contributed by atoms with E-state index in [2.05, 4.69) is 5.32 Å². The predicted octanol–water partition coefficient (Wildman–Crippen LogP) is 2.99. The lowest BCUT2D eigenvalue weighted by Crippen LogP contribution is -2.27. The van der Waals surface area contributed by atoms with Crippen molar-refractivity contribution in [3.63, 3.8) is 0 Å². The lowest BCUT2D eigenvalue weighted by molar-refractivity contribution is -0.120. The van der Waals surface area contributed by atoms with Gasteiger partial charge in [-0.3, -0.25) is 4.79 Å². The molecule has 1 amide bonds. The van der Waals surface area contributed by atoms with Gasteiger partial charge in [0.15, 0.2) is 22.8 Å². The molecule has 0 unspecified atom stereocenters. The summed E-state index contributed by atoms with van der Waals surface area (Å²) in [6.45, 7) is 2.06. The Morgan fingerprint density at radius 1 is 0.935 bits per heavy atom. The molecule has 31 heavy (non-hydrogen) atoms. The van der Waals surface area contributed by atoms with Crippen LogP contribution in [-0.2, 0) is 17.8 Å². The minimum Gasteiger partial charge on any atom is -0.493 e. The third kappa shape index (κ3) is 4.42. The molecule has 0 aliphatic carbocycles. The van der Waals surface area contributed by atoms with Gasteiger partial charge in [0.05, 0.1) is 40.4 Å². The van der Waals surface area contributed by atoms with Crippen molar-refractivity contribution in [1.82, 2.24) is 5.32 Å². The molecule has 0 radical (unpaired) electrons. The smallest absolute Gasteiger partial charge is 0.340 e. The Bertz CT molecular complexity index is 1170. The van der Waals surface area contributed by atoms with Crippen LogP contribution in [0.1, 0.15) is 16.7 Å². The van der Waals surface area contributed by atoms with Crippen LogP contribution in [-0.4, -0.2) is 34.3 Å². The van der Waals surface area contributed by atoms with Crippen molar-refractivity contribution in [3.8, 4) is 23.0 Å². The fourth-order valence-corrected chi connectivity index (χ4v) is 3.38. The largest absolute Gasteiger partial charge is 0.493 e. The van der Waals surface area contributed by atoms with Gasteiger partial charge in [0.1, 0.15) is 0 Å². The van der Waals surface area contributed by atoms with Gasteiger partial charge in [0.25, 0.3) is 0 Å². The Balaban J connectivity index is 1.81. The number of fused-ring (bicyclic) bond motifs is 1. The van der Waals surface area contributed by atoms with Gasteiger partial charge < -0.3 is 28.7 Å². The number of rotatable bonds is 8. The summed E-state index contributed by atoms with van der Waals surface area (Å²) in [5, 5.41) is 3.50. The van der Waals surface area contributed by atoms with Crippen molar-refractivity contribution >= 4 is 16.9 Å². The number of benzene rings is 2. The molecule has 0 spiro atoms. The van der Waals surface area contributed by atoms with Crippen LogP contribution < -0.4 is 29.9 Å². The standard InChI is InChI=1S/C23H25NO7/c1-13-15-7-9-18(28-3)22(30-5)21(15)31-23(26)16(13)11-20(25)24-12-14-6-8-17(27-2)19(10-14)29-4/h6-10H,11-12H2,1-5H3,(H,24,25). The zero-order chi connectivity index (χ0) is 22.5.